The molecule has 0 spiro atoms. The predicted molar refractivity (Wildman–Crippen MR) is 75.9 cm³/mol. The lowest BCUT2D eigenvalue weighted by Crippen LogP contribution is -1.96. The first-order valence-electron chi connectivity index (χ1n) is 5.21. The molecule has 0 bridgehead atoms. The van der Waals surface area contributed by atoms with Crippen LogP contribution < -0.4 is 0 Å². The Morgan fingerprint density at radius 3 is 1.71 bits per heavy atom. The molecule has 2 aromatic carbocycles. The van der Waals surface area contributed by atoms with Gasteiger partial charge in [-0.15, -0.1) is 0 Å². The number of hydrogen-bond donors (Lipinski definition) is 0. The van der Waals surface area contributed by atoms with Gasteiger partial charge in [0.05, 0.1) is 6.26 Å². The molecule has 0 radical (unpaired) electrons. The Hall–Kier alpha value is -1.93. The number of thiocarbonyl (C=S) groups is 1. The van der Waals surface area contributed by atoms with E-state index in [2.05, 4.69) is 6.58 Å². The zero-order valence-corrected chi connectivity index (χ0v) is 10.3. The van der Waals surface area contributed by atoms with Crippen molar-refractivity contribution < 1.29 is 4.74 Å². The molecule has 0 N–H and O–H groups in total. The average molecular weight is 242 g/mol. The predicted octanol–water partition coefficient (Wildman–Crippen LogP) is 4.21. The summed E-state index contributed by atoms with van der Waals surface area (Å²) in [5.41, 5.74) is 0.905. The monoisotopic (exact) mass is 242 g/mol. The van der Waals surface area contributed by atoms with Gasteiger partial charge in [0.2, 0.25) is 0 Å². The summed E-state index contributed by atoms with van der Waals surface area (Å²) in [5, 5.41) is 0.459. The first kappa shape index (κ1) is 13.1. The highest BCUT2D eigenvalue weighted by Gasteiger charge is 1.96. The average Bonchev–Trinajstić information content (AvgIpc) is 2.43. The number of hydrogen-bond acceptors (Lipinski definition) is 2. The standard InChI is InChI=1S/C9H8OS.C6H6/c1-2-10-9(11)8-6-4-3-5-7-8;1-2-4-6-5-3-1/h2-7H,1H2;1-6H. The highest BCUT2D eigenvalue weighted by atomic mass is 32.1. The first-order valence-corrected chi connectivity index (χ1v) is 5.62. The Bertz CT molecular complexity index is 410. The highest BCUT2D eigenvalue weighted by Crippen LogP contribution is 2.01. The van der Waals surface area contributed by atoms with Crippen molar-refractivity contribution in [2.45, 2.75) is 0 Å². The van der Waals surface area contributed by atoms with Crippen molar-refractivity contribution in [1.29, 1.82) is 0 Å². The zero-order chi connectivity index (χ0) is 12.3. The fourth-order valence-corrected chi connectivity index (χ4v) is 1.31. The van der Waals surface area contributed by atoms with Crippen LogP contribution in [-0.2, 0) is 4.74 Å². The second-order valence-electron chi connectivity index (χ2n) is 3.09. The number of ether oxygens (including phenoxy) is 1. The second-order valence-corrected chi connectivity index (χ2v) is 3.46. The maximum atomic E-state index is 4.93. The Kier molecular flexibility index (Phi) is 6.37. The van der Waals surface area contributed by atoms with Crippen LogP contribution in [0, 0.1) is 0 Å². The van der Waals surface area contributed by atoms with Crippen molar-refractivity contribution in [1.82, 2.24) is 0 Å². The van der Waals surface area contributed by atoms with Gasteiger partial charge in [0, 0.05) is 5.56 Å². The summed E-state index contributed by atoms with van der Waals surface area (Å²) in [6, 6.07) is 21.5. The maximum Gasteiger partial charge on any atom is 0.197 e. The molecule has 0 heterocycles. The molecule has 86 valence electrons. The van der Waals surface area contributed by atoms with Crippen molar-refractivity contribution in [2.24, 2.45) is 0 Å². The van der Waals surface area contributed by atoms with Crippen LogP contribution in [0.15, 0.2) is 79.6 Å². The molecule has 0 amide bonds. The van der Waals surface area contributed by atoms with E-state index < -0.39 is 0 Å². The molecule has 17 heavy (non-hydrogen) atoms. The minimum atomic E-state index is 0.459. The van der Waals surface area contributed by atoms with Gasteiger partial charge in [-0.2, -0.15) is 0 Å². The lowest BCUT2D eigenvalue weighted by molar-refractivity contribution is 0.489. The van der Waals surface area contributed by atoms with E-state index >= 15 is 0 Å². The van der Waals surface area contributed by atoms with Gasteiger partial charge in [-0.05, 0) is 12.2 Å². The molecule has 0 aliphatic rings. The SMILES string of the molecule is C=COC(=S)c1ccccc1.c1ccccc1. The molecule has 0 saturated heterocycles. The Balaban J connectivity index is 0.000000202. The summed E-state index contributed by atoms with van der Waals surface area (Å²) in [6.45, 7) is 3.42. The van der Waals surface area contributed by atoms with E-state index in [-0.39, 0.29) is 0 Å². The van der Waals surface area contributed by atoms with Crippen molar-refractivity contribution in [3.63, 3.8) is 0 Å². The van der Waals surface area contributed by atoms with Crippen molar-refractivity contribution in [2.75, 3.05) is 0 Å². The summed E-state index contributed by atoms with van der Waals surface area (Å²) in [5.74, 6) is 0. The molecule has 0 fully saturated rings. The summed E-state index contributed by atoms with van der Waals surface area (Å²) in [4.78, 5) is 0. The van der Waals surface area contributed by atoms with E-state index in [4.69, 9.17) is 17.0 Å². The second kappa shape index (κ2) is 8.25. The topological polar surface area (TPSA) is 9.23 Å². The molecule has 0 aromatic heterocycles. The van der Waals surface area contributed by atoms with Crippen molar-refractivity contribution in [3.8, 4) is 0 Å². The van der Waals surface area contributed by atoms with Crippen LogP contribution >= 0.6 is 12.2 Å². The molecule has 0 aliphatic heterocycles. The molecule has 2 rings (SSSR count). The normalized spacial score (nSPS) is 8.47. The van der Waals surface area contributed by atoms with Gasteiger partial charge < -0.3 is 4.74 Å². The van der Waals surface area contributed by atoms with Crippen LogP contribution in [0.25, 0.3) is 0 Å². The van der Waals surface area contributed by atoms with Crippen LogP contribution in [0.2, 0.25) is 0 Å². The van der Waals surface area contributed by atoms with E-state index in [1.54, 1.807) is 0 Å². The van der Waals surface area contributed by atoms with E-state index in [9.17, 15) is 0 Å². The molecule has 0 saturated carbocycles. The van der Waals surface area contributed by atoms with E-state index in [1.807, 2.05) is 66.7 Å². The number of benzene rings is 2. The minimum absolute atomic E-state index is 0.459. The quantitative estimate of drug-likeness (QED) is 0.576. The molecular formula is C15H14OS. The van der Waals surface area contributed by atoms with Gasteiger partial charge in [0.25, 0.3) is 0 Å². The summed E-state index contributed by atoms with van der Waals surface area (Å²) >= 11 is 4.93. The lowest BCUT2D eigenvalue weighted by Gasteiger charge is -1.99. The van der Waals surface area contributed by atoms with Crippen molar-refractivity contribution in [3.05, 3.63) is 85.1 Å². The van der Waals surface area contributed by atoms with Gasteiger partial charge >= 0.3 is 0 Å². The summed E-state index contributed by atoms with van der Waals surface area (Å²) in [6.07, 6.45) is 1.33. The maximum absolute atomic E-state index is 4.93. The first-order chi connectivity index (χ1) is 8.34. The van der Waals surface area contributed by atoms with Gasteiger partial charge in [0.1, 0.15) is 0 Å². The highest BCUT2D eigenvalue weighted by molar-refractivity contribution is 7.80. The third kappa shape index (κ3) is 5.64. The summed E-state index contributed by atoms with van der Waals surface area (Å²) in [7, 11) is 0. The van der Waals surface area contributed by atoms with Crippen LogP contribution in [-0.4, -0.2) is 5.05 Å². The largest absolute Gasteiger partial charge is 0.453 e. The minimum Gasteiger partial charge on any atom is -0.453 e. The molecular weight excluding hydrogens is 228 g/mol. The fraction of sp³-hybridized carbons (Fsp3) is 0. The third-order valence-corrected chi connectivity index (χ3v) is 2.20. The zero-order valence-electron chi connectivity index (χ0n) is 9.45. The smallest absolute Gasteiger partial charge is 0.197 e. The lowest BCUT2D eigenvalue weighted by atomic mass is 10.2. The van der Waals surface area contributed by atoms with Crippen LogP contribution in [0.1, 0.15) is 5.56 Å². The molecule has 0 atom stereocenters. The molecule has 2 aromatic rings. The van der Waals surface area contributed by atoms with Crippen molar-refractivity contribution >= 4 is 17.3 Å². The van der Waals surface area contributed by atoms with Crippen LogP contribution in [0.5, 0.6) is 0 Å². The van der Waals surface area contributed by atoms with Crippen LogP contribution in [0.4, 0.5) is 0 Å². The molecule has 0 unspecified atom stereocenters. The summed E-state index contributed by atoms with van der Waals surface area (Å²) < 4.78 is 4.92. The Morgan fingerprint density at radius 2 is 1.29 bits per heavy atom. The number of rotatable bonds is 2. The molecule has 2 heteroatoms. The van der Waals surface area contributed by atoms with Gasteiger partial charge in [-0.1, -0.05) is 73.3 Å². The van der Waals surface area contributed by atoms with E-state index in [1.165, 1.54) is 6.26 Å². The fourth-order valence-electron chi connectivity index (χ4n) is 1.10. The van der Waals surface area contributed by atoms with Crippen LogP contribution in [0.3, 0.4) is 0 Å². The molecule has 0 aliphatic carbocycles. The Labute approximate surface area is 107 Å². The van der Waals surface area contributed by atoms with E-state index in [0.29, 0.717) is 5.05 Å². The van der Waals surface area contributed by atoms with Gasteiger partial charge in [-0.25, -0.2) is 0 Å². The van der Waals surface area contributed by atoms with Gasteiger partial charge in [-0.3, -0.25) is 0 Å². The molecule has 1 nitrogen and oxygen atoms in total. The third-order valence-electron chi connectivity index (χ3n) is 1.87. The van der Waals surface area contributed by atoms with Gasteiger partial charge in [0.15, 0.2) is 5.05 Å². The Morgan fingerprint density at radius 1 is 0.882 bits per heavy atom. The van der Waals surface area contributed by atoms with E-state index in [0.717, 1.165) is 5.56 Å².